The lowest BCUT2D eigenvalue weighted by molar-refractivity contribution is 0.125. The van der Waals surface area contributed by atoms with E-state index >= 15 is 0 Å². The van der Waals surface area contributed by atoms with Gasteiger partial charge in [0.25, 0.3) is 0 Å². The number of benzene rings is 10. The van der Waals surface area contributed by atoms with E-state index in [2.05, 4.69) is 286 Å². The van der Waals surface area contributed by atoms with Crippen LogP contribution in [0.3, 0.4) is 0 Å². The molecule has 10 aromatic carbocycles. The molecule has 5 aliphatic rings. The van der Waals surface area contributed by atoms with Crippen molar-refractivity contribution in [2.45, 2.75) is 96.3 Å². The van der Waals surface area contributed by atoms with Crippen molar-refractivity contribution in [2.75, 3.05) is 4.90 Å². The van der Waals surface area contributed by atoms with Gasteiger partial charge in [0.05, 0.1) is 11.1 Å². The zero-order chi connectivity index (χ0) is 52.8. The zero-order valence-corrected chi connectivity index (χ0v) is 46.2. The summed E-state index contributed by atoms with van der Waals surface area (Å²) in [4.78, 5) is 2.59. The third-order valence-corrected chi connectivity index (χ3v) is 21.0. The van der Waals surface area contributed by atoms with Crippen LogP contribution in [0.2, 0.25) is 0 Å². The summed E-state index contributed by atoms with van der Waals surface area (Å²) >= 11 is 0. The number of rotatable bonds is 5. The van der Waals surface area contributed by atoms with Gasteiger partial charge in [0.1, 0.15) is 0 Å². The highest BCUT2D eigenvalue weighted by Gasteiger charge is 2.57. The predicted octanol–water partition coefficient (Wildman–Crippen LogP) is 20.0. The van der Waals surface area contributed by atoms with Crippen LogP contribution < -0.4 is 4.90 Å². The smallest absolute Gasteiger partial charge is 0.0725 e. The van der Waals surface area contributed by atoms with Gasteiger partial charge in [-0.05, 0) is 176 Å². The maximum atomic E-state index is 2.59. The van der Waals surface area contributed by atoms with Gasteiger partial charge in [-0.1, -0.05) is 239 Å². The molecule has 0 heterocycles. The monoisotopic (exact) mass is 992 g/mol. The maximum absolute atomic E-state index is 2.59. The van der Waals surface area contributed by atoms with Crippen LogP contribution in [0.1, 0.15) is 125 Å². The van der Waals surface area contributed by atoms with E-state index in [-0.39, 0.29) is 27.1 Å². The normalized spacial score (nSPS) is 17.6. The molecule has 0 aromatic heterocycles. The van der Waals surface area contributed by atoms with Crippen LogP contribution in [-0.2, 0) is 27.1 Å². The molecule has 0 fully saturated rings. The largest absolute Gasteiger partial charge is 0.310 e. The first-order valence-corrected chi connectivity index (χ1v) is 28.0. The average Bonchev–Trinajstić information content (AvgIpc) is 4.17. The van der Waals surface area contributed by atoms with Gasteiger partial charge >= 0.3 is 0 Å². The van der Waals surface area contributed by atoms with E-state index in [0.717, 1.165) is 11.4 Å². The summed E-state index contributed by atoms with van der Waals surface area (Å²) in [5, 5.41) is 0. The molecule has 5 aliphatic carbocycles. The van der Waals surface area contributed by atoms with Crippen LogP contribution in [0, 0.1) is 5.41 Å². The first-order chi connectivity index (χ1) is 37.0. The molecule has 0 saturated carbocycles. The van der Waals surface area contributed by atoms with Crippen molar-refractivity contribution in [1.82, 2.24) is 0 Å². The first kappa shape index (κ1) is 46.3. The molecule has 0 amide bonds. The molecule has 0 bridgehead atoms. The third kappa shape index (κ3) is 5.80. The van der Waals surface area contributed by atoms with Crippen molar-refractivity contribution >= 4 is 17.1 Å². The lowest BCUT2D eigenvalue weighted by Crippen LogP contribution is -2.42. The molecule has 15 rings (SSSR count). The third-order valence-electron chi connectivity index (χ3n) is 21.0. The molecule has 1 nitrogen and oxygen atoms in total. The fraction of sp³-hybridized carbons (Fsp3) is 0.211. The summed E-state index contributed by atoms with van der Waals surface area (Å²) in [6.45, 7) is 24.4. The van der Waals surface area contributed by atoms with Crippen molar-refractivity contribution < 1.29 is 0 Å². The molecule has 10 aromatic rings. The van der Waals surface area contributed by atoms with E-state index in [1.807, 2.05) is 0 Å². The highest BCUT2D eigenvalue weighted by Crippen LogP contribution is 2.65. The van der Waals surface area contributed by atoms with Gasteiger partial charge in [0.15, 0.2) is 0 Å². The molecule has 1 spiro atoms. The van der Waals surface area contributed by atoms with Crippen molar-refractivity contribution in [1.29, 1.82) is 0 Å². The van der Waals surface area contributed by atoms with Crippen LogP contribution in [0.5, 0.6) is 0 Å². The summed E-state index contributed by atoms with van der Waals surface area (Å²) in [5.41, 5.74) is 32.1. The zero-order valence-electron chi connectivity index (χ0n) is 46.2. The van der Waals surface area contributed by atoms with Crippen molar-refractivity contribution in [2.24, 2.45) is 5.41 Å². The fourth-order valence-electron chi connectivity index (χ4n) is 15.7. The minimum Gasteiger partial charge on any atom is -0.310 e. The van der Waals surface area contributed by atoms with E-state index in [1.54, 1.807) is 0 Å². The summed E-state index contributed by atoms with van der Waals surface area (Å²) in [6.07, 6.45) is 0. The highest BCUT2D eigenvalue weighted by atomic mass is 15.1. The second-order valence-corrected chi connectivity index (χ2v) is 25.7. The highest BCUT2D eigenvalue weighted by molar-refractivity contribution is 5.98. The second kappa shape index (κ2) is 15.4. The minimum atomic E-state index is -0.400. The molecular formula is C76H65N. The number of fused-ring (bicyclic) bond motifs is 17. The van der Waals surface area contributed by atoms with Gasteiger partial charge in [-0.3, -0.25) is 0 Å². The summed E-state index contributed by atoms with van der Waals surface area (Å²) < 4.78 is 0. The van der Waals surface area contributed by atoms with Crippen LogP contribution in [-0.4, -0.2) is 0 Å². The van der Waals surface area contributed by atoms with Gasteiger partial charge in [0, 0.05) is 27.8 Å². The lowest BCUT2D eigenvalue weighted by atomic mass is 9.59. The van der Waals surface area contributed by atoms with Crippen molar-refractivity contribution in [3.8, 4) is 66.8 Å². The van der Waals surface area contributed by atoms with Crippen LogP contribution >= 0.6 is 0 Å². The quantitative estimate of drug-likeness (QED) is 0.166. The number of hydrogen-bond acceptors (Lipinski definition) is 1. The standard InChI is InChI=1S/C76H65N/c1-71(2)60-26-16-11-21-51(60)56-39-37-50(43-66(56)71)77(70-45-67-59(55-25-12-17-27-61(55)72(67,3)4)44-58(70)48-34-40-65-69(42-48)74(7,8)75(9,10)73(65,5)6)49-35-31-46(32-36-49)47-33-38-57-54-24-15-20-30-64(54)76(68(57)41-47)62-28-18-13-22-52(62)53-23-14-19-29-63(53)76/h11-45H,1-10H3. The first-order valence-electron chi connectivity index (χ1n) is 28.0. The number of anilines is 3. The molecule has 0 aliphatic heterocycles. The molecular weight excluding hydrogens is 927 g/mol. The Hall–Kier alpha value is -8.00. The number of nitrogens with zero attached hydrogens (tertiary/aromatic N) is 1. The molecule has 0 unspecified atom stereocenters. The second-order valence-electron chi connectivity index (χ2n) is 25.7. The summed E-state index contributed by atoms with van der Waals surface area (Å²) in [5.74, 6) is 0. The Kier molecular flexibility index (Phi) is 9.24. The fourth-order valence-corrected chi connectivity index (χ4v) is 15.7. The van der Waals surface area contributed by atoms with Crippen molar-refractivity contribution in [3.63, 3.8) is 0 Å². The van der Waals surface area contributed by atoms with Crippen LogP contribution in [0.25, 0.3) is 66.8 Å². The Balaban J connectivity index is 0.945. The minimum absolute atomic E-state index is 0.00610. The lowest BCUT2D eigenvalue weighted by Gasteiger charge is -2.44. The Bertz CT molecular complexity index is 4130. The molecule has 0 radical (unpaired) electrons. The van der Waals surface area contributed by atoms with Crippen LogP contribution in [0.15, 0.2) is 212 Å². The molecule has 0 saturated heterocycles. The van der Waals surface area contributed by atoms with Gasteiger partial charge in [-0.25, -0.2) is 0 Å². The summed E-state index contributed by atoms with van der Waals surface area (Å²) in [6, 6.07) is 82.1. The Morgan fingerprint density at radius 1 is 0.247 bits per heavy atom. The molecule has 0 atom stereocenters. The van der Waals surface area contributed by atoms with E-state index in [4.69, 9.17) is 0 Å². The van der Waals surface area contributed by atoms with Crippen molar-refractivity contribution in [3.05, 3.63) is 268 Å². The number of hydrogen-bond donors (Lipinski definition) is 0. The Morgan fingerprint density at radius 2 is 0.649 bits per heavy atom. The topological polar surface area (TPSA) is 3.24 Å². The SMILES string of the molecule is CC1(C)c2ccccc2-c2ccc(N(c3ccc(-c4ccc5c(c4)C4(c6ccccc6-c6ccccc64)c4ccccc4-5)cc3)c3cc4c(cc3-c3ccc5c(c3)C(C)(C)C(C)(C)C5(C)C)-c3ccccc3C4(C)C)cc21. The Labute approximate surface area is 456 Å². The van der Waals surface area contributed by atoms with E-state index in [9.17, 15) is 0 Å². The maximum Gasteiger partial charge on any atom is 0.0725 e. The molecule has 77 heavy (non-hydrogen) atoms. The molecule has 0 N–H and O–H groups in total. The van der Waals surface area contributed by atoms with Gasteiger partial charge in [-0.15, -0.1) is 0 Å². The summed E-state index contributed by atoms with van der Waals surface area (Å²) in [7, 11) is 0. The Morgan fingerprint density at radius 3 is 1.22 bits per heavy atom. The molecule has 374 valence electrons. The van der Waals surface area contributed by atoms with E-state index < -0.39 is 5.41 Å². The van der Waals surface area contributed by atoms with Gasteiger partial charge in [-0.2, -0.15) is 0 Å². The average molecular weight is 992 g/mol. The predicted molar refractivity (Wildman–Crippen MR) is 323 cm³/mol. The van der Waals surface area contributed by atoms with E-state index in [0.29, 0.717) is 0 Å². The van der Waals surface area contributed by atoms with Gasteiger partial charge in [0.2, 0.25) is 0 Å². The van der Waals surface area contributed by atoms with Crippen LogP contribution in [0.4, 0.5) is 17.1 Å². The van der Waals surface area contributed by atoms with E-state index in [1.165, 1.54) is 128 Å². The van der Waals surface area contributed by atoms with Gasteiger partial charge < -0.3 is 4.90 Å². The molecule has 1 heteroatoms.